The van der Waals surface area contributed by atoms with E-state index in [-0.39, 0.29) is 7.56 Å². The molecule has 1 aromatic carbocycles. The van der Waals surface area contributed by atoms with Gasteiger partial charge in [0.25, 0.3) is 0 Å². The van der Waals surface area contributed by atoms with Gasteiger partial charge in [0.15, 0.2) is 0 Å². The summed E-state index contributed by atoms with van der Waals surface area (Å²) in [6.45, 7) is 6.54. The van der Waals surface area contributed by atoms with E-state index in [1.54, 1.807) is 0 Å². The predicted molar refractivity (Wildman–Crippen MR) is 82.2 cm³/mol. The second kappa shape index (κ2) is 5.29. The lowest BCUT2D eigenvalue weighted by Crippen LogP contribution is -2.17. The van der Waals surface area contributed by atoms with Crippen molar-refractivity contribution < 1.29 is 0 Å². The smallest absolute Gasteiger partial charge is 0.0833 e. The van der Waals surface area contributed by atoms with Crippen molar-refractivity contribution in [2.24, 2.45) is 0 Å². The standard InChI is InChI=1S/C12H13Br3Cl/c1-11(2,3)9-5-4-6-10(16)8(9)7-12(13,14)15/h4-5H,7H2,1-3H3. The Labute approximate surface area is 128 Å². The van der Waals surface area contributed by atoms with Gasteiger partial charge in [-0.2, -0.15) is 0 Å². The Morgan fingerprint density at radius 2 is 1.81 bits per heavy atom. The molecule has 0 aliphatic rings. The fourth-order valence-corrected chi connectivity index (χ4v) is 2.65. The number of hydrogen-bond acceptors (Lipinski definition) is 0. The van der Waals surface area contributed by atoms with Crippen LogP contribution < -0.4 is 0 Å². The lowest BCUT2D eigenvalue weighted by atomic mass is 9.83. The van der Waals surface area contributed by atoms with Gasteiger partial charge in [0, 0.05) is 12.5 Å². The van der Waals surface area contributed by atoms with Crippen molar-refractivity contribution in [2.75, 3.05) is 0 Å². The zero-order chi connectivity index (χ0) is 12.6. The van der Waals surface area contributed by atoms with Crippen molar-refractivity contribution in [3.05, 3.63) is 34.3 Å². The van der Waals surface area contributed by atoms with Crippen LogP contribution in [0.5, 0.6) is 0 Å². The molecule has 0 aromatic heterocycles. The molecule has 0 saturated heterocycles. The zero-order valence-electron chi connectivity index (χ0n) is 9.37. The minimum absolute atomic E-state index is 0.0757. The highest BCUT2D eigenvalue weighted by Crippen LogP contribution is 2.41. The van der Waals surface area contributed by atoms with Crippen molar-refractivity contribution in [2.45, 2.75) is 34.7 Å². The Morgan fingerprint density at radius 1 is 1.25 bits per heavy atom. The van der Waals surface area contributed by atoms with Gasteiger partial charge in [-0.1, -0.05) is 92.3 Å². The van der Waals surface area contributed by atoms with Gasteiger partial charge in [-0.15, -0.1) is 0 Å². The highest BCUT2D eigenvalue weighted by molar-refractivity contribution is 9.39. The maximum absolute atomic E-state index is 6.22. The maximum atomic E-state index is 6.22. The van der Waals surface area contributed by atoms with Gasteiger partial charge in [-0.25, -0.2) is 0 Å². The second-order valence-electron chi connectivity index (χ2n) is 4.73. The molecule has 0 aliphatic heterocycles. The lowest BCUT2D eigenvalue weighted by molar-refractivity contribution is 0.583. The second-order valence-corrected chi connectivity index (χ2v) is 12.4. The quantitative estimate of drug-likeness (QED) is 0.491. The molecule has 89 valence electrons. The van der Waals surface area contributed by atoms with E-state index in [2.05, 4.69) is 80.7 Å². The highest BCUT2D eigenvalue weighted by atomic mass is 80.0. The molecule has 1 radical (unpaired) electrons. The first kappa shape index (κ1) is 15.0. The molecule has 0 heterocycles. The van der Waals surface area contributed by atoms with Gasteiger partial charge in [0.05, 0.1) is 5.02 Å². The summed E-state index contributed by atoms with van der Waals surface area (Å²) in [7, 11) is 0. The molecule has 0 fully saturated rings. The normalized spacial score (nSPS) is 12.9. The van der Waals surface area contributed by atoms with Gasteiger partial charge >= 0.3 is 0 Å². The monoisotopic (exact) mass is 429 g/mol. The zero-order valence-corrected chi connectivity index (χ0v) is 14.9. The third-order valence-electron chi connectivity index (χ3n) is 2.24. The molecule has 0 amide bonds. The molecule has 4 heteroatoms. The summed E-state index contributed by atoms with van der Waals surface area (Å²) in [4.78, 5) is 0. The summed E-state index contributed by atoms with van der Waals surface area (Å²) in [6.07, 6.45) is 0.746. The molecule has 0 bridgehead atoms. The van der Waals surface area contributed by atoms with Crippen molar-refractivity contribution in [3.63, 3.8) is 0 Å². The Balaban J connectivity index is 3.25. The third kappa shape index (κ3) is 4.32. The molecule has 0 atom stereocenters. The largest absolute Gasteiger partial charge is 0.139 e. The number of alkyl halides is 3. The molecule has 0 spiro atoms. The van der Waals surface area contributed by atoms with Gasteiger partial charge in [-0.3, -0.25) is 0 Å². The van der Waals surface area contributed by atoms with Crippen LogP contribution >= 0.6 is 59.4 Å². The SMILES string of the molecule is CC(C)(C)c1cc[c]c(Cl)c1CC(Br)(Br)Br. The number of halogens is 4. The van der Waals surface area contributed by atoms with Gasteiger partial charge in [0.1, 0.15) is 2.14 Å². The minimum atomic E-state index is -0.314. The van der Waals surface area contributed by atoms with Gasteiger partial charge in [0.2, 0.25) is 0 Å². The number of rotatable bonds is 1. The Morgan fingerprint density at radius 3 is 2.25 bits per heavy atom. The van der Waals surface area contributed by atoms with E-state index >= 15 is 0 Å². The summed E-state index contributed by atoms with van der Waals surface area (Å²) in [5, 5.41) is 0.690. The number of benzene rings is 1. The average Bonchev–Trinajstić information content (AvgIpc) is 2.04. The predicted octanol–water partition coefficient (Wildman–Crippen LogP) is 5.82. The third-order valence-corrected chi connectivity index (χ3v) is 3.41. The maximum Gasteiger partial charge on any atom is 0.139 e. The Hall–Kier alpha value is 0.950. The first-order chi connectivity index (χ1) is 7.11. The molecule has 0 unspecified atom stereocenters. The topological polar surface area (TPSA) is 0 Å². The van der Waals surface area contributed by atoms with Crippen LogP contribution in [0.2, 0.25) is 5.02 Å². The molecular formula is C12H13Br3Cl. The van der Waals surface area contributed by atoms with E-state index in [0.717, 1.165) is 12.0 Å². The van der Waals surface area contributed by atoms with Crippen molar-refractivity contribution >= 4 is 59.4 Å². The summed E-state index contributed by atoms with van der Waals surface area (Å²) in [5.41, 5.74) is 2.44. The van der Waals surface area contributed by atoms with Crippen LogP contribution in [-0.2, 0) is 11.8 Å². The van der Waals surface area contributed by atoms with Crippen LogP contribution in [-0.4, -0.2) is 2.14 Å². The minimum Gasteiger partial charge on any atom is -0.0833 e. The summed E-state index contributed by atoms with van der Waals surface area (Å²) >= 11 is 16.8. The van der Waals surface area contributed by atoms with E-state index in [1.807, 2.05) is 6.07 Å². The van der Waals surface area contributed by atoms with Crippen LogP contribution in [0.4, 0.5) is 0 Å². The number of hydrogen-bond donors (Lipinski definition) is 0. The van der Waals surface area contributed by atoms with E-state index in [9.17, 15) is 0 Å². The van der Waals surface area contributed by atoms with Crippen molar-refractivity contribution in [1.82, 2.24) is 0 Å². The fraction of sp³-hybridized carbons (Fsp3) is 0.500. The van der Waals surface area contributed by atoms with Crippen LogP contribution in [0.3, 0.4) is 0 Å². The summed E-state index contributed by atoms with van der Waals surface area (Å²) in [6, 6.07) is 7.00. The first-order valence-corrected chi connectivity index (χ1v) is 7.63. The van der Waals surface area contributed by atoms with E-state index in [0.29, 0.717) is 5.02 Å². The average molecular weight is 432 g/mol. The Kier molecular flexibility index (Phi) is 4.97. The van der Waals surface area contributed by atoms with Crippen LogP contribution in [0.1, 0.15) is 31.9 Å². The van der Waals surface area contributed by atoms with Crippen molar-refractivity contribution in [3.8, 4) is 0 Å². The van der Waals surface area contributed by atoms with Gasteiger partial charge < -0.3 is 0 Å². The fourth-order valence-electron chi connectivity index (χ4n) is 1.58. The highest BCUT2D eigenvalue weighted by Gasteiger charge is 2.26. The van der Waals surface area contributed by atoms with Crippen molar-refractivity contribution in [1.29, 1.82) is 0 Å². The molecule has 0 saturated carbocycles. The molecule has 0 nitrogen and oxygen atoms in total. The lowest BCUT2D eigenvalue weighted by Gasteiger charge is -2.25. The molecule has 0 N–H and O–H groups in total. The Bertz CT molecular complexity index is 375. The summed E-state index contributed by atoms with van der Waals surface area (Å²) in [5.74, 6) is 0. The molecular weight excluding hydrogens is 419 g/mol. The van der Waals surface area contributed by atoms with E-state index < -0.39 is 0 Å². The molecule has 16 heavy (non-hydrogen) atoms. The first-order valence-electron chi connectivity index (χ1n) is 4.87. The molecule has 1 aromatic rings. The van der Waals surface area contributed by atoms with Gasteiger partial charge in [-0.05, 0) is 16.5 Å². The van der Waals surface area contributed by atoms with E-state index in [4.69, 9.17) is 11.6 Å². The summed E-state index contributed by atoms with van der Waals surface area (Å²) < 4.78 is -0.314. The van der Waals surface area contributed by atoms with Crippen LogP contribution in [0.15, 0.2) is 12.1 Å². The van der Waals surface area contributed by atoms with E-state index in [1.165, 1.54) is 5.56 Å². The van der Waals surface area contributed by atoms with Crippen LogP contribution in [0, 0.1) is 6.07 Å². The molecule has 0 aliphatic carbocycles. The molecule has 1 rings (SSSR count). The van der Waals surface area contributed by atoms with Crippen LogP contribution in [0.25, 0.3) is 0 Å².